The molecule has 0 aromatic heterocycles. The number of aldehydes is 1. The fourth-order valence-corrected chi connectivity index (χ4v) is 1.39. The molecule has 2 heteroatoms. The van der Waals surface area contributed by atoms with Crippen molar-refractivity contribution in [3.05, 3.63) is 48.6 Å². The van der Waals surface area contributed by atoms with Crippen molar-refractivity contribution in [2.75, 3.05) is 7.05 Å². The number of nitrogens with one attached hydrogen (secondary N) is 1. The Morgan fingerprint density at radius 2 is 1.64 bits per heavy atom. The molecule has 1 atom stereocenters. The molecule has 0 aliphatic heterocycles. The lowest BCUT2D eigenvalue weighted by Gasteiger charge is -2.32. The summed E-state index contributed by atoms with van der Waals surface area (Å²) in [4.78, 5) is 10.3. The third-order valence-electron chi connectivity index (χ3n) is 3.62. The zero-order chi connectivity index (χ0) is 20.0. The Morgan fingerprint density at radius 3 is 1.84 bits per heavy atom. The van der Waals surface area contributed by atoms with E-state index in [4.69, 9.17) is 0 Å². The van der Waals surface area contributed by atoms with Crippen molar-refractivity contribution in [2.45, 2.75) is 81.7 Å². The summed E-state index contributed by atoms with van der Waals surface area (Å²) < 4.78 is 0. The fraction of sp³-hybridized carbons (Fsp3) is 0.609. The molecule has 0 aliphatic carbocycles. The summed E-state index contributed by atoms with van der Waals surface area (Å²) in [5.41, 5.74) is 0.975. The van der Waals surface area contributed by atoms with Crippen LogP contribution < -0.4 is 5.32 Å². The number of allylic oxidation sites excluding steroid dienone is 7. The Morgan fingerprint density at radius 1 is 1.16 bits per heavy atom. The van der Waals surface area contributed by atoms with Gasteiger partial charge in [0.1, 0.15) is 6.29 Å². The molecular formula is C23H47NO. The minimum Gasteiger partial charge on any atom is -0.314 e. The largest absolute Gasteiger partial charge is 0.314 e. The van der Waals surface area contributed by atoms with E-state index >= 15 is 0 Å². The van der Waals surface area contributed by atoms with Crippen molar-refractivity contribution >= 4 is 6.29 Å². The van der Waals surface area contributed by atoms with Gasteiger partial charge in [-0.25, -0.2) is 0 Å². The fourth-order valence-electron chi connectivity index (χ4n) is 1.39. The minimum atomic E-state index is 0. The molecule has 2 nitrogen and oxygen atoms in total. The number of rotatable bonds is 7. The first-order chi connectivity index (χ1) is 11.4. The smallest absolute Gasteiger partial charge is 0.150 e. The summed E-state index contributed by atoms with van der Waals surface area (Å²) in [6.45, 7) is 22.4. The summed E-state index contributed by atoms with van der Waals surface area (Å²) >= 11 is 0. The van der Waals surface area contributed by atoms with Crippen LogP contribution in [0.5, 0.6) is 0 Å². The highest BCUT2D eigenvalue weighted by Crippen LogP contribution is 2.18. The summed E-state index contributed by atoms with van der Waals surface area (Å²) in [6.07, 6.45) is 12.5. The van der Waals surface area contributed by atoms with Crippen LogP contribution in [-0.4, -0.2) is 18.9 Å². The van der Waals surface area contributed by atoms with Crippen LogP contribution in [0.15, 0.2) is 48.6 Å². The molecule has 0 spiro atoms. The molecule has 0 fully saturated rings. The van der Waals surface area contributed by atoms with Gasteiger partial charge in [-0.3, -0.25) is 4.79 Å². The van der Waals surface area contributed by atoms with E-state index in [0.29, 0.717) is 17.0 Å². The highest BCUT2D eigenvalue weighted by Gasteiger charge is 2.22. The molecule has 0 saturated heterocycles. The molecule has 25 heavy (non-hydrogen) atoms. The average Bonchev–Trinajstić information content (AvgIpc) is 2.65. The lowest BCUT2D eigenvalue weighted by Crippen LogP contribution is -2.43. The van der Waals surface area contributed by atoms with Gasteiger partial charge in [0.05, 0.1) is 0 Å². The zero-order valence-corrected chi connectivity index (χ0v) is 17.9. The summed E-state index contributed by atoms with van der Waals surface area (Å²) in [5, 5.41) is 3.33. The molecule has 0 heterocycles. The van der Waals surface area contributed by atoms with E-state index in [-0.39, 0.29) is 7.43 Å². The van der Waals surface area contributed by atoms with Crippen molar-refractivity contribution < 1.29 is 4.79 Å². The van der Waals surface area contributed by atoms with Gasteiger partial charge in [0.25, 0.3) is 0 Å². The maximum absolute atomic E-state index is 10.3. The van der Waals surface area contributed by atoms with Crippen molar-refractivity contribution in [1.82, 2.24) is 5.32 Å². The van der Waals surface area contributed by atoms with E-state index < -0.39 is 0 Å². The van der Waals surface area contributed by atoms with Crippen molar-refractivity contribution in [1.29, 1.82) is 0 Å². The van der Waals surface area contributed by atoms with Gasteiger partial charge < -0.3 is 5.32 Å². The van der Waals surface area contributed by atoms with Gasteiger partial charge >= 0.3 is 0 Å². The van der Waals surface area contributed by atoms with E-state index in [1.54, 1.807) is 24.3 Å². The molecule has 0 aromatic carbocycles. The second kappa shape index (κ2) is 27.4. The van der Waals surface area contributed by atoms with Gasteiger partial charge in [0.15, 0.2) is 0 Å². The molecule has 0 bridgehead atoms. The Bertz CT molecular complexity index is 345. The Kier molecular flexibility index (Phi) is 38.2. The van der Waals surface area contributed by atoms with Crippen LogP contribution >= 0.6 is 0 Å². The third kappa shape index (κ3) is 22.6. The van der Waals surface area contributed by atoms with Crippen LogP contribution in [0.3, 0.4) is 0 Å². The maximum Gasteiger partial charge on any atom is 0.150 e. The van der Waals surface area contributed by atoms with Crippen molar-refractivity contribution in [3.63, 3.8) is 0 Å². The number of hydrogen-bond donors (Lipinski definition) is 1. The van der Waals surface area contributed by atoms with Gasteiger partial charge in [-0.1, -0.05) is 98.9 Å². The van der Waals surface area contributed by atoms with E-state index in [1.807, 2.05) is 53.8 Å². The highest BCUT2D eigenvalue weighted by atomic mass is 16.1. The van der Waals surface area contributed by atoms with E-state index in [2.05, 4.69) is 39.6 Å². The number of hydrogen-bond acceptors (Lipinski definition) is 2. The monoisotopic (exact) mass is 353 g/mol. The minimum absolute atomic E-state index is 0. The number of carbonyl (C=O) groups excluding carboxylic acids is 1. The van der Waals surface area contributed by atoms with Crippen LogP contribution in [0.25, 0.3) is 0 Å². The van der Waals surface area contributed by atoms with E-state index in [1.165, 1.54) is 6.42 Å². The average molecular weight is 354 g/mol. The van der Waals surface area contributed by atoms with Gasteiger partial charge in [0, 0.05) is 11.1 Å². The first kappa shape index (κ1) is 34.8. The second-order valence-electron chi connectivity index (χ2n) is 5.08. The van der Waals surface area contributed by atoms with Crippen LogP contribution in [0.4, 0.5) is 0 Å². The summed E-state index contributed by atoms with van der Waals surface area (Å²) in [6, 6.07) is 0. The van der Waals surface area contributed by atoms with Crippen LogP contribution in [0.2, 0.25) is 0 Å². The molecule has 0 aliphatic rings. The highest BCUT2D eigenvalue weighted by molar-refractivity contribution is 5.78. The third-order valence-corrected chi connectivity index (χ3v) is 3.62. The predicted molar refractivity (Wildman–Crippen MR) is 120 cm³/mol. The molecule has 0 amide bonds. The first-order valence-electron chi connectivity index (χ1n) is 9.17. The maximum atomic E-state index is 10.3. The lowest BCUT2D eigenvalue weighted by atomic mass is 9.86. The first-order valence-corrected chi connectivity index (χ1v) is 9.17. The van der Waals surface area contributed by atoms with E-state index in [9.17, 15) is 4.79 Å². The van der Waals surface area contributed by atoms with Crippen molar-refractivity contribution in [3.8, 4) is 0 Å². The molecule has 0 radical (unpaired) electrons. The molecule has 1 N–H and O–H groups in total. The normalized spacial score (nSPS) is 12.5. The topological polar surface area (TPSA) is 29.1 Å². The van der Waals surface area contributed by atoms with Gasteiger partial charge in [-0.15, -0.1) is 0 Å². The summed E-state index contributed by atoms with van der Waals surface area (Å²) in [5.74, 6) is 0.715. The van der Waals surface area contributed by atoms with Gasteiger partial charge in [0.2, 0.25) is 0 Å². The number of carbonyl (C=O) groups is 1. The predicted octanol–water partition coefficient (Wildman–Crippen LogP) is 7.15. The van der Waals surface area contributed by atoms with Gasteiger partial charge in [-0.05, 0) is 33.2 Å². The standard InChI is InChI=1S/C10H12O.C8H19N.2C2H6.CH4/c1-3-5-7-10(9-11)8-6-4-2;1-6-8(4,9-5)7(2)3;2*1-2;/h3-9H,1H2,2H3;7,9H,6H2,1-5H3;2*1-2H3;1H4/b6-4-,7-5-,10-8+;;;;. The zero-order valence-electron chi connectivity index (χ0n) is 17.9. The molecule has 0 rings (SSSR count). The molecule has 1 unspecified atom stereocenters. The Hall–Kier alpha value is -1.41. The van der Waals surface area contributed by atoms with Crippen LogP contribution in [-0.2, 0) is 4.79 Å². The Labute approximate surface area is 160 Å². The SMILES string of the molecule is C.C=C\C=C/C(C=O)=C\C=C/C.CC.CC.CCC(C)(NC)C(C)C. The molecular weight excluding hydrogens is 306 g/mol. The quantitative estimate of drug-likeness (QED) is 0.299. The second-order valence-corrected chi connectivity index (χ2v) is 5.08. The van der Waals surface area contributed by atoms with Crippen molar-refractivity contribution in [2.24, 2.45) is 5.92 Å². The summed E-state index contributed by atoms with van der Waals surface area (Å²) in [7, 11) is 2.03. The molecule has 0 saturated carbocycles. The molecule has 150 valence electrons. The van der Waals surface area contributed by atoms with E-state index in [0.717, 1.165) is 6.29 Å². The Balaban J connectivity index is -0.0000000867. The van der Waals surface area contributed by atoms with Crippen LogP contribution in [0, 0.1) is 5.92 Å². The molecule has 0 aromatic rings. The van der Waals surface area contributed by atoms with Gasteiger partial charge in [-0.2, -0.15) is 0 Å². The van der Waals surface area contributed by atoms with Crippen LogP contribution in [0.1, 0.15) is 76.2 Å². The lowest BCUT2D eigenvalue weighted by molar-refractivity contribution is -0.104.